The molecule has 0 radical (unpaired) electrons. The average molecular weight is 326 g/mol. The number of H-pyrrole nitrogens is 1. The number of allylic oxidation sites excluding steroid dienone is 2. The lowest BCUT2D eigenvalue weighted by atomic mass is 10.0. The normalized spacial score (nSPS) is 23.5. The molecule has 1 aromatic rings. The first kappa shape index (κ1) is 15.0. The SMILES string of the molecule is O=C=C1NN=C(n2ccc(=O)[nH]c2=O)C=C1C1CC1C(F)(F)F. The molecule has 2 unspecified atom stereocenters. The molecule has 2 heterocycles. The molecular weight excluding hydrogens is 317 g/mol. The molecule has 1 aromatic heterocycles. The molecule has 7 nitrogen and oxygen atoms in total. The largest absolute Gasteiger partial charge is 0.392 e. The first-order valence-corrected chi connectivity index (χ1v) is 6.51. The highest BCUT2D eigenvalue weighted by molar-refractivity contribution is 5.97. The van der Waals surface area contributed by atoms with Gasteiger partial charge in [0.05, 0.1) is 5.92 Å². The van der Waals surface area contributed by atoms with E-state index in [4.69, 9.17) is 0 Å². The van der Waals surface area contributed by atoms with E-state index >= 15 is 0 Å². The average Bonchev–Trinajstić information content (AvgIpc) is 3.27. The molecule has 23 heavy (non-hydrogen) atoms. The second-order valence-corrected chi connectivity index (χ2v) is 5.13. The summed E-state index contributed by atoms with van der Waals surface area (Å²) in [5.74, 6) is -0.946. The number of nitrogens with one attached hydrogen (secondary N) is 2. The fourth-order valence-electron chi connectivity index (χ4n) is 2.42. The van der Waals surface area contributed by atoms with Gasteiger partial charge in [-0.25, -0.2) is 9.59 Å². The summed E-state index contributed by atoms with van der Waals surface area (Å²) in [6, 6.07) is 1.07. The number of hydrogen-bond donors (Lipinski definition) is 2. The molecular formula is C13H9F3N4O3. The van der Waals surface area contributed by atoms with Gasteiger partial charge in [-0.2, -0.15) is 18.3 Å². The highest BCUT2D eigenvalue weighted by Crippen LogP contribution is 2.54. The summed E-state index contributed by atoms with van der Waals surface area (Å²) in [6.07, 6.45) is -2.15. The predicted octanol–water partition coefficient (Wildman–Crippen LogP) is 0.142. The molecule has 1 aliphatic heterocycles. The number of alkyl halides is 3. The van der Waals surface area contributed by atoms with Crippen LogP contribution in [0.25, 0.3) is 0 Å². The Hall–Kier alpha value is -2.87. The van der Waals surface area contributed by atoms with Crippen LogP contribution in [0.3, 0.4) is 0 Å². The van der Waals surface area contributed by atoms with Gasteiger partial charge in [0.15, 0.2) is 11.8 Å². The number of aromatic nitrogens is 2. The van der Waals surface area contributed by atoms with Crippen LogP contribution in [-0.4, -0.2) is 27.5 Å². The van der Waals surface area contributed by atoms with Crippen molar-refractivity contribution in [1.82, 2.24) is 15.0 Å². The number of rotatable bonds is 1. The Morgan fingerprint density at radius 2 is 2.09 bits per heavy atom. The van der Waals surface area contributed by atoms with Crippen LogP contribution in [0.5, 0.6) is 0 Å². The molecule has 1 aliphatic carbocycles. The van der Waals surface area contributed by atoms with Gasteiger partial charge < -0.3 is 0 Å². The van der Waals surface area contributed by atoms with Crippen molar-refractivity contribution in [3.63, 3.8) is 0 Å². The van der Waals surface area contributed by atoms with Crippen molar-refractivity contribution in [2.45, 2.75) is 12.6 Å². The van der Waals surface area contributed by atoms with Crippen molar-refractivity contribution >= 4 is 11.8 Å². The van der Waals surface area contributed by atoms with Crippen molar-refractivity contribution in [3.8, 4) is 0 Å². The molecule has 10 heteroatoms. The van der Waals surface area contributed by atoms with Crippen molar-refractivity contribution in [3.05, 3.63) is 50.4 Å². The lowest BCUT2D eigenvalue weighted by Gasteiger charge is -2.16. The van der Waals surface area contributed by atoms with Crippen LogP contribution in [0.4, 0.5) is 13.2 Å². The van der Waals surface area contributed by atoms with E-state index in [1.165, 1.54) is 12.0 Å². The summed E-state index contributed by atoms with van der Waals surface area (Å²) in [5, 5.41) is 3.74. The predicted molar refractivity (Wildman–Crippen MR) is 72.2 cm³/mol. The second kappa shape index (κ2) is 5.10. The van der Waals surface area contributed by atoms with Crippen molar-refractivity contribution in [2.24, 2.45) is 16.9 Å². The molecule has 0 aromatic carbocycles. The smallest absolute Gasteiger partial charge is 0.274 e. The van der Waals surface area contributed by atoms with Gasteiger partial charge in [-0.3, -0.25) is 19.8 Å². The third-order valence-electron chi connectivity index (χ3n) is 3.64. The van der Waals surface area contributed by atoms with Crippen LogP contribution in [0.15, 0.2) is 44.3 Å². The molecule has 2 aliphatic rings. The third kappa shape index (κ3) is 2.76. The van der Waals surface area contributed by atoms with Crippen LogP contribution in [0, 0.1) is 11.8 Å². The number of nitrogens with zero attached hydrogens (tertiary/aromatic N) is 2. The number of carbonyl (C=O) groups excluding carboxylic acids is 1. The second-order valence-electron chi connectivity index (χ2n) is 5.13. The van der Waals surface area contributed by atoms with Crippen LogP contribution < -0.4 is 16.7 Å². The Bertz CT molecular complexity index is 887. The van der Waals surface area contributed by atoms with Crippen LogP contribution in [-0.2, 0) is 4.79 Å². The zero-order chi connectivity index (χ0) is 16.8. The lowest BCUT2D eigenvalue weighted by Crippen LogP contribution is -2.35. The first-order valence-electron chi connectivity index (χ1n) is 6.51. The van der Waals surface area contributed by atoms with Gasteiger partial charge in [0.25, 0.3) is 5.56 Å². The van der Waals surface area contributed by atoms with Crippen LogP contribution >= 0.6 is 0 Å². The maximum Gasteiger partial charge on any atom is 0.392 e. The van der Waals surface area contributed by atoms with E-state index in [2.05, 4.69) is 10.5 Å². The van der Waals surface area contributed by atoms with Gasteiger partial charge in [-0.05, 0) is 24.0 Å². The Morgan fingerprint density at radius 3 is 2.65 bits per heavy atom. The summed E-state index contributed by atoms with van der Waals surface area (Å²) in [7, 11) is 0. The molecule has 0 saturated heterocycles. The maximum atomic E-state index is 12.7. The minimum atomic E-state index is -4.36. The number of aromatic amines is 1. The zero-order valence-electron chi connectivity index (χ0n) is 11.3. The fraction of sp³-hybridized carbons (Fsp3) is 0.308. The highest BCUT2D eigenvalue weighted by atomic mass is 19.4. The highest BCUT2D eigenvalue weighted by Gasteiger charge is 2.57. The number of halogens is 3. The molecule has 120 valence electrons. The molecule has 2 atom stereocenters. The van der Waals surface area contributed by atoms with E-state index in [0.717, 1.165) is 16.8 Å². The van der Waals surface area contributed by atoms with Gasteiger partial charge in [-0.1, -0.05) is 0 Å². The van der Waals surface area contributed by atoms with E-state index in [9.17, 15) is 27.6 Å². The molecule has 0 spiro atoms. The standard InChI is InChI=1S/C13H9F3N4O3/c14-13(15,16)8-3-6(8)7-4-10(19-18-9(7)5-21)20-2-1-11(22)17-12(20)23/h1-2,4,6,8,18H,3H2,(H,17,22,23). The Morgan fingerprint density at radius 1 is 1.35 bits per heavy atom. The van der Waals surface area contributed by atoms with E-state index in [0.29, 0.717) is 0 Å². The van der Waals surface area contributed by atoms with Crippen molar-refractivity contribution in [2.75, 3.05) is 0 Å². The van der Waals surface area contributed by atoms with E-state index in [1.807, 2.05) is 4.98 Å². The summed E-state index contributed by atoms with van der Waals surface area (Å²) in [5.41, 5.74) is 0.779. The van der Waals surface area contributed by atoms with Gasteiger partial charge in [-0.15, -0.1) is 0 Å². The van der Waals surface area contributed by atoms with E-state index in [1.54, 1.807) is 0 Å². The number of hydrazone groups is 1. The number of hydrogen-bond acceptors (Lipinski definition) is 5. The molecule has 0 bridgehead atoms. The zero-order valence-corrected chi connectivity index (χ0v) is 11.3. The summed E-state index contributed by atoms with van der Waals surface area (Å²) < 4.78 is 39.1. The first-order chi connectivity index (χ1) is 10.8. The molecule has 0 amide bonds. The fourth-order valence-corrected chi connectivity index (χ4v) is 2.42. The molecule has 2 N–H and O–H groups in total. The lowest BCUT2D eigenvalue weighted by molar-refractivity contribution is -0.149. The van der Waals surface area contributed by atoms with E-state index < -0.39 is 29.3 Å². The quantitative estimate of drug-likeness (QED) is 0.718. The van der Waals surface area contributed by atoms with Crippen molar-refractivity contribution < 1.29 is 18.0 Å². The van der Waals surface area contributed by atoms with Gasteiger partial charge >= 0.3 is 11.9 Å². The van der Waals surface area contributed by atoms with Gasteiger partial charge in [0.1, 0.15) is 5.70 Å². The van der Waals surface area contributed by atoms with Crippen LogP contribution in [0.2, 0.25) is 0 Å². The summed E-state index contributed by atoms with van der Waals surface area (Å²) in [4.78, 5) is 35.6. The van der Waals surface area contributed by atoms with Gasteiger partial charge in [0, 0.05) is 12.3 Å². The van der Waals surface area contributed by atoms with Gasteiger partial charge in [0.2, 0.25) is 0 Å². The van der Waals surface area contributed by atoms with Crippen LogP contribution in [0.1, 0.15) is 6.42 Å². The molecule has 3 rings (SSSR count). The molecule has 1 saturated carbocycles. The maximum absolute atomic E-state index is 12.7. The van der Waals surface area contributed by atoms with Crippen molar-refractivity contribution in [1.29, 1.82) is 0 Å². The topological polar surface area (TPSA) is 96.3 Å². The monoisotopic (exact) mass is 326 g/mol. The molecule has 1 fully saturated rings. The Kier molecular flexibility index (Phi) is 3.33. The third-order valence-corrected chi connectivity index (χ3v) is 3.64. The Balaban J connectivity index is 1.99. The summed E-state index contributed by atoms with van der Waals surface area (Å²) in [6.45, 7) is 0. The minimum absolute atomic E-state index is 0.0342. The minimum Gasteiger partial charge on any atom is -0.274 e. The van der Waals surface area contributed by atoms with E-state index in [-0.39, 0.29) is 23.5 Å². The summed E-state index contributed by atoms with van der Waals surface area (Å²) >= 11 is 0. The Labute approximate surface area is 125 Å².